The molecule has 5 nitrogen and oxygen atoms in total. The van der Waals surface area contributed by atoms with E-state index in [0.29, 0.717) is 6.42 Å². The van der Waals surface area contributed by atoms with Crippen LogP contribution in [-0.4, -0.2) is 28.2 Å². The van der Waals surface area contributed by atoms with Crippen LogP contribution in [0.15, 0.2) is 60.8 Å². The van der Waals surface area contributed by atoms with E-state index in [-0.39, 0.29) is 0 Å². The number of ether oxygens (including phenoxy) is 1. The average molecular weight is 334 g/mol. The number of H-pyrrole nitrogens is 1. The number of aromatic nitrogens is 2. The van der Waals surface area contributed by atoms with Crippen LogP contribution in [0.2, 0.25) is 0 Å². The molecule has 0 saturated heterocycles. The number of carboxylic acid groups (broad SMARTS) is 1. The van der Waals surface area contributed by atoms with E-state index in [4.69, 9.17) is 9.84 Å². The van der Waals surface area contributed by atoms with Crippen molar-refractivity contribution in [2.24, 2.45) is 0 Å². The van der Waals surface area contributed by atoms with Crippen molar-refractivity contribution in [3.05, 3.63) is 77.8 Å². The molecule has 0 spiro atoms. The lowest BCUT2D eigenvalue weighted by molar-refractivity contribution is -0.131. The fourth-order valence-electron chi connectivity index (χ4n) is 2.48. The van der Waals surface area contributed by atoms with Gasteiger partial charge in [-0.15, -0.1) is 0 Å². The van der Waals surface area contributed by atoms with Gasteiger partial charge in [0.2, 0.25) is 0 Å². The maximum Gasteiger partial charge on any atom is 0.328 e. The highest BCUT2D eigenvalue weighted by atomic mass is 16.5. The molecule has 3 rings (SSSR count). The summed E-state index contributed by atoms with van der Waals surface area (Å²) in [7, 11) is 1.64. The summed E-state index contributed by atoms with van der Waals surface area (Å²) < 4.78 is 5.17. The largest absolute Gasteiger partial charge is 0.497 e. The molecule has 3 aromatic rings. The van der Waals surface area contributed by atoms with Crippen LogP contribution < -0.4 is 4.74 Å². The summed E-state index contributed by atoms with van der Waals surface area (Å²) in [6.45, 7) is 0. The van der Waals surface area contributed by atoms with Crippen LogP contribution in [0, 0.1) is 0 Å². The number of nitrogens with one attached hydrogen (secondary N) is 1. The van der Waals surface area contributed by atoms with Crippen LogP contribution in [-0.2, 0) is 11.2 Å². The number of benzene rings is 2. The number of aromatic amines is 1. The number of hydrogen-bond acceptors (Lipinski definition) is 3. The van der Waals surface area contributed by atoms with Crippen molar-refractivity contribution in [2.45, 2.75) is 6.42 Å². The zero-order chi connectivity index (χ0) is 17.6. The summed E-state index contributed by atoms with van der Waals surface area (Å²) in [6, 6.07) is 15.5. The lowest BCUT2D eigenvalue weighted by Crippen LogP contribution is -1.91. The van der Waals surface area contributed by atoms with E-state index in [1.54, 1.807) is 13.2 Å². The van der Waals surface area contributed by atoms with E-state index in [1.807, 2.05) is 54.7 Å². The van der Waals surface area contributed by atoms with Crippen molar-refractivity contribution in [3.8, 4) is 17.0 Å². The molecule has 1 aromatic heterocycles. The van der Waals surface area contributed by atoms with Crippen LogP contribution >= 0.6 is 0 Å². The molecule has 0 aliphatic rings. The van der Waals surface area contributed by atoms with Gasteiger partial charge < -0.3 is 14.8 Å². The Morgan fingerprint density at radius 3 is 2.52 bits per heavy atom. The fraction of sp³-hybridized carbons (Fsp3) is 0.100. The van der Waals surface area contributed by atoms with Crippen molar-refractivity contribution >= 4 is 12.0 Å². The minimum absolute atomic E-state index is 0.680. The topological polar surface area (TPSA) is 75.2 Å². The summed E-state index contributed by atoms with van der Waals surface area (Å²) in [5.41, 5.74) is 3.96. The molecule has 0 aliphatic heterocycles. The number of imidazole rings is 1. The van der Waals surface area contributed by atoms with Gasteiger partial charge in [0.05, 0.1) is 19.0 Å². The van der Waals surface area contributed by atoms with Crippen LogP contribution in [0.3, 0.4) is 0 Å². The van der Waals surface area contributed by atoms with E-state index >= 15 is 0 Å². The van der Waals surface area contributed by atoms with Crippen molar-refractivity contribution in [1.82, 2.24) is 9.97 Å². The molecule has 25 heavy (non-hydrogen) atoms. The zero-order valence-electron chi connectivity index (χ0n) is 13.8. The Hall–Kier alpha value is -3.34. The van der Waals surface area contributed by atoms with Gasteiger partial charge in [-0.25, -0.2) is 9.78 Å². The monoisotopic (exact) mass is 334 g/mol. The predicted molar refractivity (Wildman–Crippen MR) is 96.5 cm³/mol. The number of carbonyl (C=O) groups is 1. The predicted octanol–water partition coefficient (Wildman–Crippen LogP) is 3.77. The number of rotatable bonds is 6. The van der Waals surface area contributed by atoms with Crippen LogP contribution in [0.25, 0.3) is 17.3 Å². The molecule has 0 unspecified atom stereocenters. The van der Waals surface area contributed by atoms with Crippen LogP contribution in [0.4, 0.5) is 0 Å². The highest BCUT2D eigenvalue weighted by Crippen LogP contribution is 2.21. The second kappa shape index (κ2) is 7.49. The highest BCUT2D eigenvalue weighted by molar-refractivity contribution is 5.85. The molecule has 0 aliphatic carbocycles. The first-order valence-corrected chi connectivity index (χ1v) is 7.82. The van der Waals surface area contributed by atoms with Crippen LogP contribution in [0.1, 0.15) is 17.0 Å². The molecular formula is C20H18N2O3. The van der Waals surface area contributed by atoms with Gasteiger partial charge in [-0.1, -0.05) is 24.3 Å². The normalized spacial score (nSPS) is 10.9. The second-order valence-corrected chi connectivity index (χ2v) is 5.56. The molecule has 0 fully saturated rings. The molecule has 5 heteroatoms. The van der Waals surface area contributed by atoms with Gasteiger partial charge in [-0.05, 0) is 47.0 Å². The van der Waals surface area contributed by atoms with Crippen molar-refractivity contribution in [1.29, 1.82) is 0 Å². The third-order valence-corrected chi connectivity index (χ3v) is 3.80. The smallest absolute Gasteiger partial charge is 0.328 e. The fourth-order valence-corrected chi connectivity index (χ4v) is 2.48. The number of nitrogens with zero attached hydrogens (tertiary/aromatic N) is 1. The molecule has 0 atom stereocenters. The first kappa shape index (κ1) is 16.5. The summed E-state index contributed by atoms with van der Waals surface area (Å²) in [5, 5.41) is 8.64. The maximum absolute atomic E-state index is 10.5. The first-order chi connectivity index (χ1) is 12.1. The summed E-state index contributed by atoms with van der Waals surface area (Å²) in [5.74, 6) is 0.742. The van der Waals surface area contributed by atoms with Gasteiger partial charge in [-0.3, -0.25) is 0 Å². The van der Waals surface area contributed by atoms with Crippen molar-refractivity contribution < 1.29 is 14.6 Å². The number of hydrogen-bond donors (Lipinski definition) is 2. The van der Waals surface area contributed by atoms with E-state index in [2.05, 4.69) is 9.97 Å². The van der Waals surface area contributed by atoms with Gasteiger partial charge in [0.1, 0.15) is 11.6 Å². The van der Waals surface area contributed by atoms with E-state index in [9.17, 15) is 4.79 Å². The van der Waals surface area contributed by atoms with Gasteiger partial charge in [-0.2, -0.15) is 0 Å². The second-order valence-electron chi connectivity index (χ2n) is 5.56. The summed E-state index contributed by atoms with van der Waals surface area (Å²) in [6.07, 6.45) is 5.20. The van der Waals surface area contributed by atoms with Gasteiger partial charge >= 0.3 is 5.97 Å². The van der Waals surface area contributed by atoms with E-state index in [1.165, 1.54) is 0 Å². The minimum Gasteiger partial charge on any atom is -0.497 e. The molecule has 1 heterocycles. The quantitative estimate of drug-likeness (QED) is 0.673. The number of aliphatic carboxylic acids is 1. The standard InChI is InChI=1S/C20H18N2O3/c1-25-17-9-7-16(8-10-17)18-13-21-19(22-18)12-15-4-2-14(3-5-15)6-11-20(23)24/h2-11,13H,12H2,1H3,(H,21,22)(H,23,24)/b11-6+. The van der Waals surface area contributed by atoms with Crippen LogP contribution in [0.5, 0.6) is 5.75 Å². The third-order valence-electron chi connectivity index (χ3n) is 3.80. The summed E-state index contributed by atoms with van der Waals surface area (Å²) in [4.78, 5) is 18.3. The van der Waals surface area contributed by atoms with Crippen molar-refractivity contribution in [2.75, 3.05) is 7.11 Å². The molecule has 0 amide bonds. The number of carboxylic acids is 1. The molecule has 2 aromatic carbocycles. The third kappa shape index (κ3) is 4.35. The molecule has 126 valence electrons. The Labute approximate surface area is 145 Å². The Morgan fingerprint density at radius 2 is 1.88 bits per heavy atom. The minimum atomic E-state index is -0.953. The van der Waals surface area contributed by atoms with Crippen molar-refractivity contribution in [3.63, 3.8) is 0 Å². The Balaban J connectivity index is 1.69. The first-order valence-electron chi connectivity index (χ1n) is 7.82. The van der Waals surface area contributed by atoms with Gasteiger partial charge in [0.25, 0.3) is 0 Å². The van der Waals surface area contributed by atoms with Gasteiger partial charge in [0, 0.05) is 12.5 Å². The molecule has 0 saturated carbocycles. The number of methoxy groups -OCH3 is 1. The highest BCUT2D eigenvalue weighted by Gasteiger charge is 2.05. The zero-order valence-corrected chi connectivity index (χ0v) is 13.8. The Bertz CT molecular complexity index is 878. The molecule has 2 N–H and O–H groups in total. The Morgan fingerprint density at radius 1 is 1.16 bits per heavy atom. The molecular weight excluding hydrogens is 316 g/mol. The molecule has 0 bridgehead atoms. The maximum atomic E-state index is 10.5. The molecule has 0 radical (unpaired) electrons. The SMILES string of the molecule is COc1ccc(-c2cnc(Cc3ccc(/C=C/C(=O)O)cc3)[nH]2)cc1. The lowest BCUT2D eigenvalue weighted by atomic mass is 10.1. The summed E-state index contributed by atoms with van der Waals surface area (Å²) >= 11 is 0. The average Bonchev–Trinajstić information content (AvgIpc) is 3.09. The van der Waals surface area contributed by atoms with E-state index in [0.717, 1.165) is 40.0 Å². The lowest BCUT2D eigenvalue weighted by Gasteiger charge is -2.02. The Kier molecular flexibility index (Phi) is 4.95. The van der Waals surface area contributed by atoms with Gasteiger partial charge in [0.15, 0.2) is 0 Å². The van der Waals surface area contributed by atoms with E-state index < -0.39 is 5.97 Å².